The summed E-state index contributed by atoms with van der Waals surface area (Å²) in [4.78, 5) is 10.6. The van der Waals surface area contributed by atoms with Crippen molar-refractivity contribution in [3.8, 4) is 0 Å². The molecule has 2 atom stereocenters. The molecule has 0 rings (SSSR count). The van der Waals surface area contributed by atoms with Crippen LogP contribution in [-0.2, 0) is 9.53 Å². The van der Waals surface area contributed by atoms with Crippen molar-refractivity contribution in [2.75, 3.05) is 7.11 Å². The van der Waals surface area contributed by atoms with Crippen LogP contribution in [0, 0.1) is 5.92 Å². The topological polar surface area (TPSA) is 46.5 Å². The molecule has 3 heteroatoms. The van der Waals surface area contributed by atoms with E-state index in [9.17, 15) is 4.79 Å². The van der Waals surface area contributed by atoms with Crippen molar-refractivity contribution in [3.63, 3.8) is 0 Å². The Bertz CT molecular complexity index is 204. The Morgan fingerprint density at radius 1 is 1.38 bits per heavy atom. The molecule has 0 fully saturated rings. The number of rotatable bonds is 4. The fraction of sp³-hybridized carbons (Fsp3) is 0.500. The summed E-state index contributed by atoms with van der Waals surface area (Å²) in [6.45, 7) is 3.62. The van der Waals surface area contributed by atoms with Crippen LogP contribution in [0.2, 0.25) is 0 Å². The molecule has 3 nitrogen and oxygen atoms in total. The average molecular weight is 184 g/mol. The Kier molecular flexibility index (Phi) is 5.89. The third kappa shape index (κ3) is 6.11. The second-order valence-electron chi connectivity index (χ2n) is 2.87. The molecule has 74 valence electrons. The molecule has 0 aliphatic carbocycles. The van der Waals surface area contributed by atoms with Gasteiger partial charge in [-0.2, -0.15) is 0 Å². The van der Waals surface area contributed by atoms with Crippen LogP contribution in [0.1, 0.15) is 13.8 Å². The van der Waals surface area contributed by atoms with Gasteiger partial charge in [-0.25, -0.2) is 4.79 Å². The second-order valence-corrected chi connectivity index (χ2v) is 2.87. The smallest absolute Gasteiger partial charge is 0.330 e. The fourth-order valence-corrected chi connectivity index (χ4v) is 0.602. The van der Waals surface area contributed by atoms with Gasteiger partial charge in [-0.3, -0.25) is 0 Å². The number of hydrogen-bond acceptors (Lipinski definition) is 3. The molecule has 1 N–H and O–H groups in total. The second kappa shape index (κ2) is 6.43. The number of carbonyl (C=O) groups excluding carboxylic acids is 1. The molecule has 0 saturated carbocycles. The van der Waals surface area contributed by atoms with Crippen molar-refractivity contribution in [1.29, 1.82) is 0 Å². The fourth-order valence-electron chi connectivity index (χ4n) is 0.602. The van der Waals surface area contributed by atoms with E-state index >= 15 is 0 Å². The van der Waals surface area contributed by atoms with E-state index in [-0.39, 0.29) is 18.0 Å². The average Bonchev–Trinajstić information content (AvgIpc) is 2.11. The zero-order chi connectivity index (χ0) is 10.3. The van der Waals surface area contributed by atoms with Gasteiger partial charge >= 0.3 is 5.97 Å². The molecule has 0 saturated heterocycles. The first-order chi connectivity index (χ1) is 6.07. The normalized spacial score (nSPS) is 16.3. The number of methoxy groups -OCH3 is 1. The van der Waals surface area contributed by atoms with E-state index < -0.39 is 0 Å². The summed E-state index contributed by atoms with van der Waals surface area (Å²) in [7, 11) is 1.33. The zero-order valence-electron chi connectivity index (χ0n) is 8.23. The monoisotopic (exact) mass is 184 g/mol. The number of esters is 1. The molecule has 0 aromatic heterocycles. The lowest BCUT2D eigenvalue weighted by Gasteiger charge is -2.07. The SMILES string of the molecule is COC(=O)/C=C/C=C/[C@H](C)[C@H](C)O. The van der Waals surface area contributed by atoms with Crippen LogP contribution in [0.15, 0.2) is 24.3 Å². The Morgan fingerprint density at radius 2 is 2.00 bits per heavy atom. The molecule has 0 bridgehead atoms. The highest BCUT2D eigenvalue weighted by Crippen LogP contribution is 2.03. The quantitative estimate of drug-likeness (QED) is 0.407. The molecule has 0 spiro atoms. The first kappa shape index (κ1) is 11.9. The van der Waals surface area contributed by atoms with Gasteiger partial charge in [-0.05, 0) is 12.8 Å². The molecular weight excluding hydrogens is 168 g/mol. The van der Waals surface area contributed by atoms with Crippen LogP contribution in [0.25, 0.3) is 0 Å². The summed E-state index contributed by atoms with van der Waals surface area (Å²) in [5.74, 6) is -0.295. The van der Waals surface area contributed by atoms with Crippen LogP contribution in [-0.4, -0.2) is 24.3 Å². The van der Waals surface area contributed by atoms with Gasteiger partial charge in [-0.15, -0.1) is 0 Å². The molecule has 0 aromatic rings. The van der Waals surface area contributed by atoms with Crippen LogP contribution in [0.4, 0.5) is 0 Å². The minimum absolute atomic E-state index is 0.0855. The Morgan fingerprint density at radius 3 is 2.46 bits per heavy atom. The highest BCUT2D eigenvalue weighted by atomic mass is 16.5. The van der Waals surface area contributed by atoms with E-state index in [4.69, 9.17) is 5.11 Å². The summed E-state index contributed by atoms with van der Waals surface area (Å²) in [5, 5.41) is 9.11. The maximum atomic E-state index is 10.6. The van der Waals surface area contributed by atoms with E-state index in [2.05, 4.69) is 4.74 Å². The summed E-state index contributed by atoms with van der Waals surface area (Å²) in [6, 6.07) is 0. The lowest BCUT2D eigenvalue weighted by molar-refractivity contribution is -0.134. The highest BCUT2D eigenvalue weighted by molar-refractivity contribution is 5.82. The molecule has 0 unspecified atom stereocenters. The minimum atomic E-state index is -0.380. The molecule has 13 heavy (non-hydrogen) atoms. The standard InChI is InChI=1S/C10H16O3/c1-8(9(2)11)6-4-5-7-10(12)13-3/h4-9,11H,1-3H3/b6-4+,7-5+/t8-,9-/m0/s1. The number of hydrogen-bond donors (Lipinski definition) is 1. The van der Waals surface area contributed by atoms with Crippen LogP contribution >= 0.6 is 0 Å². The van der Waals surface area contributed by atoms with Crippen molar-refractivity contribution in [3.05, 3.63) is 24.3 Å². The van der Waals surface area contributed by atoms with Crippen molar-refractivity contribution >= 4 is 5.97 Å². The van der Waals surface area contributed by atoms with Gasteiger partial charge in [0.2, 0.25) is 0 Å². The minimum Gasteiger partial charge on any atom is -0.466 e. The largest absolute Gasteiger partial charge is 0.466 e. The molecule has 0 radical (unpaired) electrons. The van der Waals surface area contributed by atoms with Gasteiger partial charge < -0.3 is 9.84 Å². The third-order valence-electron chi connectivity index (χ3n) is 1.72. The van der Waals surface area contributed by atoms with Crippen molar-refractivity contribution in [2.24, 2.45) is 5.92 Å². The summed E-state index contributed by atoms with van der Waals surface area (Å²) in [5.41, 5.74) is 0. The number of allylic oxidation sites excluding steroid dienone is 2. The maximum Gasteiger partial charge on any atom is 0.330 e. The number of ether oxygens (including phenoxy) is 1. The number of carbonyl (C=O) groups is 1. The van der Waals surface area contributed by atoms with Gasteiger partial charge in [0.05, 0.1) is 13.2 Å². The van der Waals surface area contributed by atoms with Crippen LogP contribution < -0.4 is 0 Å². The van der Waals surface area contributed by atoms with E-state index in [1.165, 1.54) is 13.2 Å². The lowest BCUT2D eigenvalue weighted by atomic mass is 10.1. The van der Waals surface area contributed by atoms with E-state index in [1.54, 1.807) is 19.1 Å². The molecule has 0 aliphatic rings. The molecule has 0 heterocycles. The summed E-state index contributed by atoms with van der Waals surface area (Å²) >= 11 is 0. The van der Waals surface area contributed by atoms with Gasteiger partial charge in [0.1, 0.15) is 0 Å². The molecule has 0 aliphatic heterocycles. The first-order valence-electron chi connectivity index (χ1n) is 4.18. The van der Waals surface area contributed by atoms with Gasteiger partial charge in [0.25, 0.3) is 0 Å². The Balaban J connectivity index is 3.87. The first-order valence-corrected chi connectivity index (χ1v) is 4.18. The molecule has 0 aromatic carbocycles. The van der Waals surface area contributed by atoms with Crippen molar-refractivity contribution in [1.82, 2.24) is 0 Å². The van der Waals surface area contributed by atoms with Crippen LogP contribution in [0.5, 0.6) is 0 Å². The lowest BCUT2D eigenvalue weighted by Crippen LogP contribution is -2.09. The maximum absolute atomic E-state index is 10.6. The van der Waals surface area contributed by atoms with Crippen LogP contribution in [0.3, 0.4) is 0 Å². The molecule has 0 amide bonds. The molecular formula is C10H16O3. The summed E-state index contributed by atoms with van der Waals surface area (Å²) < 4.78 is 4.40. The zero-order valence-corrected chi connectivity index (χ0v) is 8.23. The number of aliphatic hydroxyl groups is 1. The highest BCUT2D eigenvalue weighted by Gasteiger charge is 2.02. The van der Waals surface area contributed by atoms with Crippen molar-refractivity contribution in [2.45, 2.75) is 20.0 Å². The van der Waals surface area contributed by atoms with Gasteiger partial charge in [0.15, 0.2) is 0 Å². The third-order valence-corrected chi connectivity index (χ3v) is 1.72. The predicted molar refractivity (Wildman–Crippen MR) is 51.1 cm³/mol. The van der Waals surface area contributed by atoms with Crippen molar-refractivity contribution < 1.29 is 14.6 Å². The van der Waals surface area contributed by atoms with E-state index in [0.29, 0.717) is 0 Å². The Labute approximate surface area is 78.7 Å². The van der Waals surface area contributed by atoms with Gasteiger partial charge in [-0.1, -0.05) is 25.2 Å². The predicted octanol–water partition coefficient (Wildman–Crippen LogP) is 1.29. The van der Waals surface area contributed by atoms with Gasteiger partial charge in [0, 0.05) is 6.08 Å². The summed E-state index contributed by atoms with van der Waals surface area (Å²) in [6.07, 6.45) is 6.08. The van der Waals surface area contributed by atoms with E-state index in [0.717, 1.165) is 0 Å². The number of aliphatic hydroxyl groups excluding tert-OH is 1. The Hall–Kier alpha value is -1.09. The van der Waals surface area contributed by atoms with E-state index in [1.807, 2.05) is 13.0 Å².